The molecule has 1 heterocycles. The van der Waals surface area contributed by atoms with Gasteiger partial charge in [-0.25, -0.2) is 0 Å². The Labute approximate surface area is 87.8 Å². The predicted octanol–water partition coefficient (Wildman–Crippen LogP) is 0.954. The van der Waals surface area contributed by atoms with Crippen molar-refractivity contribution >= 4 is 0 Å². The second-order valence-corrected chi connectivity index (χ2v) is 4.17. The summed E-state index contributed by atoms with van der Waals surface area (Å²) < 4.78 is 5.34. The Balaban J connectivity index is 2.03. The quantitative estimate of drug-likeness (QED) is 0.646. The molecule has 0 radical (unpaired) electrons. The van der Waals surface area contributed by atoms with Crippen molar-refractivity contribution in [3.8, 4) is 0 Å². The summed E-state index contributed by atoms with van der Waals surface area (Å²) in [6.45, 7) is 8.42. The normalized spacial score (nSPS) is 22.9. The monoisotopic (exact) mass is 200 g/mol. The summed E-state index contributed by atoms with van der Waals surface area (Å²) in [5, 5.41) is 3.45. The van der Waals surface area contributed by atoms with E-state index in [0.717, 1.165) is 25.7 Å². The zero-order valence-corrected chi connectivity index (χ0v) is 9.59. The molecule has 0 aromatic carbocycles. The standard InChI is InChI=1S/C11H24N2O/c1-3-14-8-7-13(2)10-11-5-4-6-12-9-11/h11-12H,3-10H2,1-2H3. The summed E-state index contributed by atoms with van der Waals surface area (Å²) >= 11 is 0. The van der Waals surface area contributed by atoms with Crippen LogP contribution in [-0.4, -0.2) is 51.3 Å². The highest BCUT2D eigenvalue weighted by Crippen LogP contribution is 2.10. The number of hydrogen-bond acceptors (Lipinski definition) is 3. The number of hydrogen-bond donors (Lipinski definition) is 1. The SMILES string of the molecule is CCOCCN(C)CC1CCCNC1. The van der Waals surface area contributed by atoms with Gasteiger partial charge in [-0.2, -0.15) is 0 Å². The van der Waals surface area contributed by atoms with Gasteiger partial charge in [0.15, 0.2) is 0 Å². The summed E-state index contributed by atoms with van der Waals surface area (Å²) in [6.07, 6.45) is 2.72. The molecule has 0 bridgehead atoms. The minimum absolute atomic E-state index is 0.832. The highest BCUT2D eigenvalue weighted by Gasteiger charge is 2.14. The molecule has 14 heavy (non-hydrogen) atoms. The van der Waals surface area contributed by atoms with Gasteiger partial charge in [-0.05, 0) is 45.8 Å². The first-order valence-corrected chi connectivity index (χ1v) is 5.80. The molecule has 3 heteroatoms. The maximum Gasteiger partial charge on any atom is 0.0593 e. The highest BCUT2D eigenvalue weighted by molar-refractivity contribution is 4.71. The second kappa shape index (κ2) is 7.21. The third-order valence-electron chi connectivity index (χ3n) is 2.79. The van der Waals surface area contributed by atoms with Gasteiger partial charge in [0.25, 0.3) is 0 Å². The Hall–Kier alpha value is -0.120. The van der Waals surface area contributed by atoms with Crippen molar-refractivity contribution in [1.82, 2.24) is 10.2 Å². The molecule has 1 aliphatic heterocycles. The van der Waals surface area contributed by atoms with Crippen LogP contribution in [0.2, 0.25) is 0 Å². The lowest BCUT2D eigenvalue weighted by Gasteiger charge is -2.27. The molecule has 1 aliphatic rings. The first-order valence-electron chi connectivity index (χ1n) is 5.80. The van der Waals surface area contributed by atoms with Crippen molar-refractivity contribution in [2.45, 2.75) is 19.8 Å². The Bertz CT molecular complexity index is 135. The van der Waals surface area contributed by atoms with E-state index in [1.807, 2.05) is 6.92 Å². The number of nitrogens with zero attached hydrogens (tertiary/aromatic N) is 1. The largest absolute Gasteiger partial charge is 0.380 e. The summed E-state index contributed by atoms with van der Waals surface area (Å²) in [7, 11) is 2.19. The number of nitrogens with one attached hydrogen (secondary N) is 1. The summed E-state index contributed by atoms with van der Waals surface area (Å²) in [5.74, 6) is 0.843. The molecule has 84 valence electrons. The Morgan fingerprint density at radius 1 is 1.50 bits per heavy atom. The van der Waals surface area contributed by atoms with Crippen LogP contribution in [0.1, 0.15) is 19.8 Å². The third-order valence-corrected chi connectivity index (χ3v) is 2.79. The Morgan fingerprint density at radius 3 is 3.00 bits per heavy atom. The van der Waals surface area contributed by atoms with Gasteiger partial charge < -0.3 is 15.0 Å². The Kier molecular flexibility index (Phi) is 6.15. The zero-order valence-electron chi connectivity index (χ0n) is 9.59. The zero-order chi connectivity index (χ0) is 10.2. The van der Waals surface area contributed by atoms with Gasteiger partial charge in [0, 0.05) is 19.7 Å². The lowest BCUT2D eigenvalue weighted by Crippen LogP contribution is -2.37. The van der Waals surface area contributed by atoms with Crippen molar-refractivity contribution < 1.29 is 4.74 Å². The summed E-state index contributed by atoms with van der Waals surface area (Å²) in [5.41, 5.74) is 0. The van der Waals surface area contributed by atoms with E-state index in [4.69, 9.17) is 4.74 Å². The molecule has 0 aromatic rings. The number of piperidine rings is 1. The minimum Gasteiger partial charge on any atom is -0.380 e. The van der Waals surface area contributed by atoms with Crippen molar-refractivity contribution in [2.24, 2.45) is 5.92 Å². The topological polar surface area (TPSA) is 24.5 Å². The molecule has 3 nitrogen and oxygen atoms in total. The first kappa shape index (κ1) is 12.0. The van der Waals surface area contributed by atoms with E-state index < -0.39 is 0 Å². The van der Waals surface area contributed by atoms with E-state index in [1.165, 1.54) is 32.5 Å². The molecule has 1 unspecified atom stereocenters. The number of rotatable bonds is 6. The third kappa shape index (κ3) is 4.94. The summed E-state index contributed by atoms with van der Waals surface area (Å²) in [6, 6.07) is 0. The average Bonchev–Trinajstić information content (AvgIpc) is 2.20. The van der Waals surface area contributed by atoms with Crippen LogP contribution in [0.25, 0.3) is 0 Å². The van der Waals surface area contributed by atoms with Crippen LogP contribution in [0.3, 0.4) is 0 Å². The number of likely N-dealkylation sites (N-methyl/N-ethyl adjacent to an activating group) is 1. The maximum absolute atomic E-state index is 5.34. The van der Waals surface area contributed by atoms with Gasteiger partial charge in [-0.15, -0.1) is 0 Å². The molecule has 0 aliphatic carbocycles. The van der Waals surface area contributed by atoms with Crippen LogP contribution < -0.4 is 5.32 Å². The minimum atomic E-state index is 0.832. The smallest absolute Gasteiger partial charge is 0.0593 e. The van der Waals surface area contributed by atoms with Gasteiger partial charge >= 0.3 is 0 Å². The fourth-order valence-corrected chi connectivity index (χ4v) is 1.98. The van der Waals surface area contributed by atoms with Gasteiger partial charge in [-0.3, -0.25) is 0 Å². The molecule has 1 atom stereocenters. The predicted molar refractivity (Wildman–Crippen MR) is 59.6 cm³/mol. The lowest BCUT2D eigenvalue weighted by molar-refractivity contribution is 0.114. The van der Waals surface area contributed by atoms with Crippen molar-refractivity contribution in [2.75, 3.05) is 46.4 Å². The highest BCUT2D eigenvalue weighted by atomic mass is 16.5. The molecule has 1 saturated heterocycles. The molecule has 0 aromatic heterocycles. The number of ether oxygens (including phenoxy) is 1. The molecular weight excluding hydrogens is 176 g/mol. The van der Waals surface area contributed by atoms with Crippen molar-refractivity contribution in [3.63, 3.8) is 0 Å². The molecule has 0 amide bonds. The van der Waals surface area contributed by atoms with E-state index in [1.54, 1.807) is 0 Å². The van der Waals surface area contributed by atoms with E-state index in [-0.39, 0.29) is 0 Å². The van der Waals surface area contributed by atoms with Crippen LogP contribution in [0.15, 0.2) is 0 Å². The van der Waals surface area contributed by atoms with Crippen LogP contribution in [0.5, 0.6) is 0 Å². The maximum atomic E-state index is 5.34. The molecular formula is C11H24N2O. The van der Waals surface area contributed by atoms with Crippen LogP contribution in [-0.2, 0) is 4.74 Å². The van der Waals surface area contributed by atoms with Gasteiger partial charge in [0.2, 0.25) is 0 Å². The van der Waals surface area contributed by atoms with Gasteiger partial charge in [-0.1, -0.05) is 0 Å². The van der Waals surface area contributed by atoms with E-state index in [9.17, 15) is 0 Å². The summed E-state index contributed by atoms with van der Waals surface area (Å²) in [4.78, 5) is 2.38. The molecule has 1 N–H and O–H groups in total. The fourth-order valence-electron chi connectivity index (χ4n) is 1.98. The second-order valence-electron chi connectivity index (χ2n) is 4.17. The van der Waals surface area contributed by atoms with Crippen molar-refractivity contribution in [1.29, 1.82) is 0 Å². The van der Waals surface area contributed by atoms with Crippen LogP contribution >= 0.6 is 0 Å². The Morgan fingerprint density at radius 2 is 2.36 bits per heavy atom. The average molecular weight is 200 g/mol. The van der Waals surface area contributed by atoms with Crippen LogP contribution in [0.4, 0.5) is 0 Å². The van der Waals surface area contributed by atoms with Gasteiger partial charge in [0.1, 0.15) is 0 Å². The first-order chi connectivity index (χ1) is 6.83. The van der Waals surface area contributed by atoms with E-state index in [2.05, 4.69) is 17.3 Å². The lowest BCUT2D eigenvalue weighted by atomic mass is 9.99. The molecule has 1 rings (SSSR count). The fraction of sp³-hybridized carbons (Fsp3) is 1.00. The van der Waals surface area contributed by atoms with Crippen LogP contribution in [0, 0.1) is 5.92 Å². The van der Waals surface area contributed by atoms with E-state index >= 15 is 0 Å². The van der Waals surface area contributed by atoms with Crippen molar-refractivity contribution in [3.05, 3.63) is 0 Å². The molecule has 1 fully saturated rings. The van der Waals surface area contributed by atoms with Gasteiger partial charge in [0.05, 0.1) is 6.61 Å². The molecule has 0 saturated carbocycles. The molecule has 0 spiro atoms. The van der Waals surface area contributed by atoms with E-state index in [0.29, 0.717) is 0 Å².